The van der Waals surface area contributed by atoms with Crippen LogP contribution >= 0.6 is 0 Å². The van der Waals surface area contributed by atoms with Crippen LogP contribution in [0, 0.1) is 0 Å². The van der Waals surface area contributed by atoms with Crippen LogP contribution in [0.2, 0.25) is 0 Å². The largest absolute Gasteiger partial charge is 0.496 e. The molecule has 0 aromatic heterocycles. The van der Waals surface area contributed by atoms with Crippen molar-refractivity contribution in [3.8, 4) is 11.5 Å². The third kappa shape index (κ3) is 6.53. The van der Waals surface area contributed by atoms with Crippen molar-refractivity contribution in [2.45, 2.75) is 76.2 Å². The molecule has 0 unspecified atom stereocenters. The molecule has 2 amide bonds. The topological polar surface area (TPSA) is 107 Å². The fourth-order valence-electron chi connectivity index (χ4n) is 5.37. The predicted octanol–water partition coefficient (Wildman–Crippen LogP) is 5.45. The predicted molar refractivity (Wildman–Crippen MR) is 151 cm³/mol. The molecule has 2 aliphatic rings. The molecular formula is C31H42N2O7. The van der Waals surface area contributed by atoms with Crippen molar-refractivity contribution < 1.29 is 33.6 Å². The van der Waals surface area contributed by atoms with E-state index < -0.39 is 23.6 Å². The standard InChI is InChI=1S/C31H42N2O7/c1-6-39-27-17-24(16-26(38-5)28(27)23-12-13-23)20(2)33(14-15-40-21(3)22-10-8-7-9-11-22)30(36)32-31(29(34)35)18-25(19-31)37-4/h7-11,16-17,20-21,23,25H,6,12-15,18-19H2,1-5H3,(H,32,36)(H,34,35)/t20-,21+,25?,31?/m1/s1. The van der Waals surface area contributed by atoms with Crippen LogP contribution in [0.5, 0.6) is 11.5 Å². The van der Waals surface area contributed by atoms with Crippen LogP contribution in [0.4, 0.5) is 4.79 Å². The molecule has 2 saturated carbocycles. The van der Waals surface area contributed by atoms with Gasteiger partial charge in [-0.2, -0.15) is 0 Å². The van der Waals surface area contributed by atoms with Gasteiger partial charge in [0.25, 0.3) is 0 Å². The van der Waals surface area contributed by atoms with E-state index in [1.807, 2.05) is 63.2 Å². The molecule has 2 aromatic carbocycles. The maximum absolute atomic E-state index is 13.8. The number of benzene rings is 2. The first-order chi connectivity index (χ1) is 19.2. The van der Waals surface area contributed by atoms with Gasteiger partial charge in [-0.25, -0.2) is 9.59 Å². The first kappa shape index (κ1) is 29.7. The summed E-state index contributed by atoms with van der Waals surface area (Å²) in [6.07, 6.45) is 2.25. The van der Waals surface area contributed by atoms with Gasteiger partial charge in [-0.05, 0) is 62.8 Å². The lowest BCUT2D eigenvalue weighted by Crippen LogP contribution is -2.66. The summed E-state index contributed by atoms with van der Waals surface area (Å²) in [5.41, 5.74) is 1.58. The SMILES string of the molecule is CCOc1cc([C@@H](C)N(CCO[C@@H](C)c2ccccc2)C(=O)NC2(C(=O)O)CC(OC)C2)cc(OC)c1C1CC1. The molecule has 2 aliphatic carbocycles. The van der Waals surface area contributed by atoms with Gasteiger partial charge < -0.3 is 34.3 Å². The number of methoxy groups -OCH3 is 2. The average molecular weight is 555 g/mol. The summed E-state index contributed by atoms with van der Waals surface area (Å²) >= 11 is 0. The number of carbonyl (C=O) groups is 2. The van der Waals surface area contributed by atoms with Crippen molar-refractivity contribution in [1.29, 1.82) is 0 Å². The Hall–Kier alpha value is -3.30. The van der Waals surface area contributed by atoms with Gasteiger partial charge in [-0.3, -0.25) is 0 Å². The minimum atomic E-state index is -1.36. The summed E-state index contributed by atoms with van der Waals surface area (Å²) in [6.45, 7) is 6.87. The van der Waals surface area contributed by atoms with Crippen LogP contribution < -0.4 is 14.8 Å². The van der Waals surface area contributed by atoms with Crippen molar-refractivity contribution >= 4 is 12.0 Å². The number of aliphatic carboxylic acids is 1. The highest BCUT2D eigenvalue weighted by Crippen LogP contribution is 2.50. The monoisotopic (exact) mass is 554 g/mol. The lowest BCUT2D eigenvalue weighted by Gasteiger charge is -2.45. The van der Waals surface area contributed by atoms with Gasteiger partial charge in [0, 0.05) is 32.1 Å². The summed E-state index contributed by atoms with van der Waals surface area (Å²) in [6, 6.07) is 12.9. The van der Waals surface area contributed by atoms with E-state index in [2.05, 4.69) is 5.32 Å². The highest BCUT2D eigenvalue weighted by atomic mass is 16.5. The third-order valence-electron chi connectivity index (χ3n) is 8.05. The first-order valence-electron chi connectivity index (χ1n) is 14.1. The normalized spacial score (nSPS) is 21.6. The van der Waals surface area contributed by atoms with E-state index in [1.165, 1.54) is 0 Å². The zero-order valence-corrected chi connectivity index (χ0v) is 24.1. The summed E-state index contributed by atoms with van der Waals surface area (Å²) in [5.74, 6) is 0.860. The zero-order chi connectivity index (χ0) is 28.9. The molecule has 2 aromatic rings. The van der Waals surface area contributed by atoms with E-state index in [1.54, 1.807) is 19.1 Å². The van der Waals surface area contributed by atoms with Gasteiger partial charge in [0.1, 0.15) is 17.0 Å². The third-order valence-corrected chi connectivity index (χ3v) is 8.05. The van der Waals surface area contributed by atoms with E-state index in [0.29, 0.717) is 12.5 Å². The number of urea groups is 1. The quantitative estimate of drug-likeness (QED) is 0.320. The lowest BCUT2D eigenvalue weighted by molar-refractivity contribution is -0.155. The molecule has 4 rings (SSSR count). The minimum absolute atomic E-state index is 0.164. The molecule has 40 heavy (non-hydrogen) atoms. The molecule has 2 atom stereocenters. The molecule has 0 saturated heterocycles. The second kappa shape index (κ2) is 12.9. The number of carboxylic acid groups (broad SMARTS) is 1. The maximum atomic E-state index is 13.8. The minimum Gasteiger partial charge on any atom is -0.496 e. The van der Waals surface area contributed by atoms with Gasteiger partial charge >= 0.3 is 12.0 Å². The molecular weight excluding hydrogens is 512 g/mol. The second-order valence-electron chi connectivity index (χ2n) is 10.7. The number of ether oxygens (including phenoxy) is 4. The van der Waals surface area contributed by atoms with Crippen molar-refractivity contribution in [1.82, 2.24) is 10.2 Å². The van der Waals surface area contributed by atoms with E-state index >= 15 is 0 Å². The Morgan fingerprint density at radius 2 is 1.75 bits per heavy atom. The molecule has 2 N–H and O–H groups in total. The molecule has 0 heterocycles. The smallest absolute Gasteiger partial charge is 0.329 e. The van der Waals surface area contributed by atoms with Crippen molar-refractivity contribution in [3.63, 3.8) is 0 Å². The van der Waals surface area contributed by atoms with Gasteiger partial charge in [0.05, 0.1) is 38.6 Å². The Labute approximate surface area is 236 Å². The fraction of sp³-hybridized carbons (Fsp3) is 0.548. The summed E-state index contributed by atoms with van der Waals surface area (Å²) in [5, 5.41) is 12.8. The number of carboxylic acids is 1. The van der Waals surface area contributed by atoms with Crippen LogP contribution in [0.15, 0.2) is 42.5 Å². The molecule has 9 nitrogen and oxygen atoms in total. The van der Waals surface area contributed by atoms with Crippen molar-refractivity contribution in [2.24, 2.45) is 0 Å². The van der Waals surface area contributed by atoms with Crippen LogP contribution in [0.1, 0.15) is 81.2 Å². The highest BCUT2D eigenvalue weighted by Gasteiger charge is 2.52. The molecule has 0 spiro atoms. The van der Waals surface area contributed by atoms with Crippen LogP contribution in [0.25, 0.3) is 0 Å². The zero-order valence-electron chi connectivity index (χ0n) is 24.1. The van der Waals surface area contributed by atoms with Gasteiger partial charge in [-0.1, -0.05) is 30.3 Å². The Bertz CT molecular complexity index is 1160. The van der Waals surface area contributed by atoms with Crippen LogP contribution in [-0.2, 0) is 14.3 Å². The molecule has 2 fully saturated rings. The number of rotatable bonds is 14. The lowest BCUT2D eigenvalue weighted by atomic mass is 9.74. The number of nitrogens with one attached hydrogen (secondary N) is 1. The molecule has 0 aliphatic heterocycles. The van der Waals surface area contributed by atoms with Crippen LogP contribution in [-0.4, -0.2) is 67.6 Å². The number of hydrogen-bond acceptors (Lipinski definition) is 6. The number of hydrogen-bond donors (Lipinski definition) is 2. The van der Waals surface area contributed by atoms with E-state index in [9.17, 15) is 14.7 Å². The Morgan fingerprint density at radius 3 is 2.33 bits per heavy atom. The maximum Gasteiger partial charge on any atom is 0.329 e. The van der Waals surface area contributed by atoms with Gasteiger partial charge in [0.15, 0.2) is 0 Å². The highest BCUT2D eigenvalue weighted by molar-refractivity contribution is 5.87. The molecule has 218 valence electrons. The average Bonchev–Trinajstić information content (AvgIpc) is 3.77. The van der Waals surface area contributed by atoms with Gasteiger partial charge in [0.2, 0.25) is 0 Å². The van der Waals surface area contributed by atoms with Crippen molar-refractivity contribution in [3.05, 3.63) is 59.2 Å². The van der Waals surface area contributed by atoms with Gasteiger partial charge in [-0.15, -0.1) is 0 Å². The summed E-state index contributed by atoms with van der Waals surface area (Å²) in [7, 11) is 3.20. The first-order valence-corrected chi connectivity index (χ1v) is 14.1. The van der Waals surface area contributed by atoms with Crippen LogP contribution in [0.3, 0.4) is 0 Å². The number of carbonyl (C=O) groups excluding carboxylic acids is 1. The molecule has 9 heteroatoms. The Morgan fingerprint density at radius 1 is 1.07 bits per heavy atom. The molecule has 0 bridgehead atoms. The summed E-state index contributed by atoms with van der Waals surface area (Å²) < 4.78 is 23.2. The number of nitrogens with zero attached hydrogens (tertiary/aromatic N) is 1. The van der Waals surface area contributed by atoms with E-state index in [0.717, 1.165) is 41.0 Å². The second-order valence-corrected chi connectivity index (χ2v) is 10.7. The Kier molecular flexibility index (Phi) is 9.58. The summed E-state index contributed by atoms with van der Waals surface area (Å²) in [4.78, 5) is 27.6. The van der Waals surface area contributed by atoms with E-state index in [4.69, 9.17) is 18.9 Å². The Balaban J connectivity index is 1.58. The number of amides is 2. The van der Waals surface area contributed by atoms with Crippen molar-refractivity contribution in [2.75, 3.05) is 34.0 Å². The fourth-order valence-corrected chi connectivity index (χ4v) is 5.37. The molecule has 0 radical (unpaired) electrons. The van der Waals surface area contributed by atoms with E-state index in [-0.39, 0.29) is 38.2 Å².